The second kappa shape index (κ2) is 5.31. The van der Waals surface area contributed by atoms with Crippen LogP contribution in [0.15, 0.2) is 18.5 Å². The van der Waals surface area contributed by atoms with E-state index in [0.717, 1.165) is 0 Å². The molecule has 96 valence electrons. The van der Waals surface area contributed by atoms with Crippen LogP contribution in [0.3, 0.4) is 0 Å². The van der Waals surface area contributed by atoms with E-state index in [9.17, 15) is 5.26 Å². The third-order valence-corrected chi connectivity index (χ3v) is 3.10. The molecular formula is C12H8Cl2N4O. The van der Waals surface area contributed by atoms with Gasteiger partial charge in [0.1, 0.15) is 18.0 Å². The summed E-state index contributed by atoms with van der Waals surface area (Å²) in [6, 6.07) is 5.06. The summed E-state index contributed by atoms with van der Waals surface area (Å²) < 4.78 is 5.02. The van der Waals surface area contributed by atoms with Crippen molar-refractivity contribution in [3.8, 4) is 23.2 Å². The summed E-state index contributed by atoms with van der Waals surface area (Å²) >= 11 is 12.0. The molecule has 1 aromatic carbocycles. The van der Waals surface area contributed by atoms with E-state index in [4.69, 9.17) is 33.7 Å². The van der Waals surface area contributed by atoms with E-state index in [1.54, 1.807) is 6.07 Å². The van der Waals surface area contributed by atoms with E-state index in [0.29, 0.717) is 27.0 Å². The van der Waals surface area contributed by atoms with Crippen molar-refractivity contribution in [2.24, 2.45) is 0 Å². The Morgan fingerprint density at radius 2 is 2.00 bits per heavy atom. The fraction of sp³-hybridized carbons (Fsp3) is 0.0833. The van der Waals surface area contributed by atoms with Gasteiger partial charge in [-0.15, -0.1) is 0 Å². The van der Waals surface area contributed by atoms with Gasteiger partial charge in [0.2, 0.25) is 5.88 Å². The first-order valence-electron chi connectivity index (χ1n) is 5.12. The Kier molecular flexibility index (Phi) is 3.74. The highest BCUT2D eigenvalue weighted by atomic mass is 35.5. The van der Waals surface area contributed by atoms with Crippen molar-refractivity contribution in [1.29, 1.82) is 5.26 Å². The van der Waals surface area contributed by atoms with Gasteiger partial charge in [0.25, 0.3) is 0 Å². The fourth-order valence-corrected chi connectivity index (χ4v) is 2.05. The van der Waals surface area contributed by atoms with Gasteiger partial charge in [-0.2, -0.15) is 5.26 Å². The zero-order valence-corrected chi connectivity index (χ0v) is 11.3. The van der Waals surface area contributed by atoms with Gasteiger partial charge in [-0.25, -0.2) is 9.97 Å². The summed E-state index contributed by atoms with van der Waals surface area (Å²) in [6.07, 6.45) is 1.29. The molecular weight excluding hydrogens is 287 g/mol. The summed E-state index contributed by atoms with van der Waals surface area (Å²) in [4.78, 5) is 7.93. The lowest BCUT2D eigenvalue weighted by molar-refractivity contribution is 0.395. The molecule has 0 spiro atoms. The third-order valence-electron chi connectivity index (χ3n) is 2.46. The zero-order chi connectivity index (χ0) is 14.0. The predicted molar refractivity (Wildman–Crippen MR) is 73.2 cm³/mol. The molecule has 0 amide bonds. The van der Waals surface area contributed by atoms with Gasteiger partial charge in [0.05, 0.1) is 28.5 Å². The molecule has 0 radical (unpaired) electrons. The normalized spacial score (nSPS) is 10.0. The minimum absolute atomic E-state index is 0.178. The highest BCUT2D eigenvalue weighted by Gasteiger charge is 2.17. The van der Waals surface area contributed by atoms with Crippen LogP contribution >= 0.6 is 23.2 Å². The molecule has 0 fully saturated rings. The highest BCUT2D eigenvalue weighted by molar-refractivity contribution is 6.37. The predicted octanol–water partition coefficient (Wildman–Crippen LogP) is 2.91. The van der Waals surface area contributed by atoms with Gasteiger partial charge in [0, 0.05) is 5.56 Å². The van der Waals surface area contributed by atoms with Gasteiger partial charge >= 0.3 is 0 Å². The van der Waals surface area contributed by atoms with E-state index in [1.807, 2.05) is 6.07 Å². The molecule has 0 saturated heterocycles. The summed E-state index contributed by atoms with van der Waals surface area (Å²) in [6.45, 7) is 0. The summed E-state index contributed by atoms with van der Waals surface area (Å²) in [5.41, 5.74) is 7.13. The number of halogens is 2. The average Bonchev–Trinajstić information content (AvgIpc) is 2.41. The molecule has 1 heterocycles. The number of aromatic nitrogens is 2. The van der Waals surface area contributed by atoms with E-state index >= 15 is 0 Å². The first-order valence-corrected chi connectivity index (χ1v) is 5.88. The zero-order valence-electron chi connectivity index (χ0n) is 9.82. The number of hydrogen-bond acceptors (Lipinski definition) is 5. The number of ether oxygens (including phenoxy) is 1. The lowest BCUT2D eigenvalue weighted by Crippen LogP contribution is -1.98. The van der Waals surface area contributed by atoms with Crippen LogP contribution in [0.2, 0.25) is 10.0 Å². The van der Waals surface area contributed by atoms with E-state index < -0.39 is 0 Å². The standard InChI is InChI=1S/C12H8Cl2N4O/c1-19-12-7(4-15)11(17-5-18-12)6-2-10(16)9(14)3-8(6)13/h2-3,5H,16H2,1H3. The van der Waals surface area contributed by atoms with Gasteiger partial charge < -0.3 is 10.5 Å². The maximum Gasteiger partial charge on any atom is 0.235 e. The highest BCUT2D eigenvalue weighted by Crippen LogP contribution is 2.36. The molecule has 0 atom stereocenters. The molecule has 0 aliphatic carbocycles. The molecule has 0 aliphatic rings. The Hall–Kier alpha value is -2.03. The van der Waals surface area contributed by atoms with Crippen molar-refractivity contribution in [3.05, 3.63) is 34.1 Å². The largest absolute Gasteiger partial charge is 0.480 e. The molecule has 0 saturated carbocycles. The molecule has 1 aromatic heterocycles. The maximum absolute atomic E-state index is 9.20. The second-order valence-electron chi connectivity index (χ2n) is 3.57. The summed E-state index contributed by atoms with van der Waals surface area (Å²) in [5, 5.41) is 9.88. The van der Waals surface area contributed by atoms with E-state index in [-0.39, 0.29) is 11.4 Å². The fourth-order valence-electron chi connectivity index (χ4n) is 1.58. The van der Waals surface area contributed by atoms with Gasteiger partial charge in [-0.3, -0.25) is 0 Å². The smallest absolute Gasteiger partial charge is 0.235 e. The quantitative estimate of drug-likeness (QED) is 0.861. The molecule has 0 bridgehead atoms. The summed E-state index contributed by atoms with van der Waals surface area (Å²) in [7, 11) is 1.42. The number of hydrogen-bond donors (Lipinski definition) is 1. The molecule has 19 heavy (non-hydrogen) atoms. The average molecular weight is 295 g/mol. The van der Waals surface area contributed by atoms with Crippen LogP contribution in [0.25, 0.3) is 11.3 Å². The SMILES string of the molecule is COc1ncnc(-c2cc(N)c(Cl)cc2Cl)c1C#N. The molecule has 2 aromatic rings. The number of anilines is 1. The monoisotopic (exact) mass is 294 g/mol. The number of nitriles is 1. The van der Waals surface area contributed by atoms with E-state index in [2.05, 4.69) is 9.97 Å². The van der Waals surface area contributed by atoms with Crippen molar-refractivity contribution in [3.63, 3.8) is 0 Å². The Morgan fingerprint density at radius 1 is 1.26 bits per heavy atom. The van der Waals surface area contributed by atoms with Crippen LogP contribution in [-0.4, -0.2) is 17.1 Å². The second-order valence-corrected chi connectivity index (χ2v) is 4.39. The first kappa shape index (κ1) is 13.4. The van der Waals surface area contributed by atoms with E-state index in [1.165, 1.54) is 19.5 Å². The Morgan fingerprint density at radius 3 is 2.63 bits per heavy atom. The minimum Gasteiger partial charge on any atom is -0.480 e. The van der Waals surface area contributed by atoms with Crippen LogP contribution in [-0.2, 0) is 0 Å². The van der Waals surface area contributed by atoms with Crippen molar-refractivity contribution >= 4 is 28.9 Å². The van der Waals surface area contributed by atoms with Crippen LogP contribution in [0.4, 0.5) is 5.69 Å². The molecule has 0 aliphatic heterocycles. The molecule has 2 N–H and O–H groups in total. The summed E-state index contributed by atoms with van der Waals surface area (Å²) in [5.74, 6) is 0.178. The van der Waals surface area contributed by atoms with Crippen molar-refractivity contribution in [2.75, 3.05) is 12.8 Å². The van der Waals surface area contributed by atoms with Gasteiger partial charge in [-0.1, -0.05) is 23.2 Å². The number of nitrogens with zero attached hydrogens (tertiary/aromatic N) is 3. The van der Waals surface area contributed by atoms with Gasteiger partial charge in [-0.05, 0) is 12.1 Å². The Labute approximate surface area is 119 Å². The lowest BCUT2D eigenvalue weighted by atomic mass is 10.1. The lowest BCUT2D eigenvalue weighted by Gasteiger charge is -2.09. The van der Waals surface area contributed by atoms with Crippen LogP contribution in [0.5, 0.6) is 5.88 Å². The van der Waals surface area contributed by atoms with Crippen LogP contribution in [0, 0.1) is 11.3 Å². The topological polar surface area (TPSA) is 84.8 Å². The third kappa shape index (κ3) is 2.41. The molecule has 7 heteroatoms. The van der Waals surface area contributed by atoms with Crippen LogP contribution in [0.1, 0.15) is 5.56 Å². The number of benzene rings is 1. The van der Waals surface area contributed by atoms with Crippen molar-refractivity contribution < 1.29 is 4.74 Å². The molecule has 5 nitrogen and oxygen atoms in total. The minimum atomic E-state index is 0.178. The van der Waals surface area contributed by atoms with Gasteiger partial charge in [0.15, 0.2) is 0 Å². The van der Waals surface area contributed by atoms with Crippen LogP contribution < -0.4 is 10.5 Å². The number of rotatable bonds is 2. The van der Waals surface area contributed by atoms with Crippen molar-refractivity contribution in [2.45, 2.75) is 0 Å². The Bertz CT molecular complexity index is 682. The first-order chi connectivity index (χ1) is 9.08. The Balaban J connectivity index is 2.73. The number of methoxy groups -OCH3 is 1. The molecule has 0 unspecified atom stereocenters. The van der Waals surface area contributed by atoms with Crippen molar-refractivity contribution in [1.82, 2.24) is 9.97 Å². The molecule has 2 rings (SSSR count). The maximum atomic E-state index is 9.20. The number of nitrogens with two attached hydrogens (primary N) is 1. The number of nitrogen functional groups attached to an aromatic ring is 1.